The second-order valence-electron chi connectivity index (χ2n) is 5.37. The minimum absolute atomic E-state index is 0.0505. The zero-order valence-electron chi connectivity index (χ0n) is 14.2. The van der Waals surface area contributed by atoms with Crippen LogP contribution in [0.3, 0.4) is 0 Å². The molecule has 0 bridgehead atoms. The first-order chi connectivity index (χ1) is 12.6. The summed E-state index contributed by atoms with van der Waals surface area (Å²) in [7, 11) is 1.47. The molecule has 0 aliphatic heterocycles. The summed E-state index contributed by atoms with van der Waals surface area (Å²) in [5, 5.41) is 13.2. The minimum Gasteiger partial charge on any atom is -0.504 e. The lowest BCUT2D eigenvalue weighted by atomic mass is 10.2. The van der Waals surface area contributed by atoms with Gasteiger partial charge in [0.25, 0.3) is 5.91 Å². The largest absolute Gasteiger partial charge is 0.504 e. The van der Waals surface area contributed by atoms with E-state index in [1.165, 1.54) is 31.2 Å². The van der Waals surface area contributed by atoms with Gasteiger partial charge >= 0.3 is 0 Å². The van der Waals surface area contributed by atoms with Crippen molar-refractivity contribution in [1.82, 2.24) is 10.4 Å². The molecular weight excluding hydrogens is 370 g/mol. The number of phenols is 1. The standard InChI is InChI=1S/C18H17N3O3S2/c1-11(25-18-20-13-5-3-4-6-16(13)26-18)17(23)21-19-10-12-7-8-14(22)15(9-12)24-2/h3-11,22H,1-2H3,(H,21,23). The number of ether oxygens (including phenoxy) is 1. The number of rotatable bonds is 6. The van der Waals surface area contributed by atoms with Crippen molar-refractivity contribution >= 4 is 45.4 Å². The van der Waals surface area contributed by atoms with Crippen molar-refractivity contribution in [2.45, 2.75) is 16.5 Å². The fraction of sp³-hybridized carbons (Fsp3) is 0.167. The average Bonchev–Trinajstić information content (AvgIpc) is 3.05. The molecule has 0 radical (unpaired) electrons. The first-order valence-electron chi connectivity index (χ1n) is 7.79. The Morgan fingerprint density at radius 2 is 2.19 bits per heavy atom. The normalized spacial score (nSPS) is 12.4. The van der Waals surface area contributed by atoms with Crippen LogP contribution in [0.2, 0.25) is 0 Å². The lowest BCUT2D eigenvalue weighted by Gasteiger charge is -2.07. The van der Waals surface area contributed by atoms with Gasteiger partial charge < -0.3 is 9.84 Å². The summed E-state index contributed by atoms with van der Waals surface area (Å²) in [5.41, 5.74) is 4.16. The molecule has 3 aromatic rings. The van der Waals surface area contributed by atoms with Crippen LogP contribution in [0, 0.1) is 0 Å². The van der Waals surface area contributed by atoms with E-state index in [1.807, 2.05) is 31.2 Å². The zero-order valence-corrected chi connectivity index (χ0v) is 15.8. The Bertz CT molecular complexity index is 923. The molecule has 1 atom stereocenters. The van der Waals surface area contributed by atoms with Crippen LogP contribution in [-0.4, -0.2) is 34.6 Å². The Morgan fingerprint density at radius 1 is 1.38 bits per heavy atom. The molecule has 1 amide bonds. The summed E-state index contributed by atoms with van der Waals surface area (Å²) in [5.74, 6) is 0.186. The molecule has 3 rings (SSSR count). The fourth-order valence-electron chi connectivity index (χ4n) is 2.14. The zero-order chi connectivity index (χ0) is 18.5. The monoisotopic (exact) mass is 387 g/mol. The summed E-state index contributed by atoms with van der Waals surface area (Å²) < 4.78 is 6.98. The smallest absolute Gasteiger partial charge is 0.253 e. The van der Waals surface area contributed by atoms with Crippen molar-refractivity contribution in [2.24, 2.45) is 5.10 Å². The van der Waals surface area contributed by atoms with E-state index in [-0.39, 0.29) is 16.9 Å². The molecule has 134 valence electrons. The van der Waals surface area contributed by atoms with Gasteiger partial charge in [0.1, 0.15) is 0 Å². The molecular formula is C18H17N3O3S2. The number of fused-ring (bicyclic) bond motifs is 1. The number of thioether (sulfide) groups is 1. The number of benzene rings is 2. The molecule has 1 heterocycles. The number of nitrogens with one attached hydrogen (secondary N) is 1. The number of methoxy groups -OCH3 is 1. The van der Waals surface area contributed by atoms with Gasteiger partial charge in [-0.3, -0.25) is 4.79 Å². The van der Waals surface area contributed by atoms with Crippen LogP contribution in [0.5, 0.6) is 11.5 Å². The molecule has 0 saturated carbocycles. The molecule has 0 aliphatic carbocycles. The third-order valence-electron chi connectivity index (χ3n) is 3.51. The van der Waals surface area contributed by atoms with Crippen molar-refractivity contribution in [3.8, 4) is 11.5 Å². The number of amides is 1. The summed E-state index contributed by atoms with van der Waals surface area (Å²) >= 11 is 2.97. The van der Waals surface area contributed by atoms with Crippen molar-refractivity contribution in [3.63, 3.8) is 0 Å². The van der Waals surface area contributed by atoms with E-state index in [9.17, 15) is 9.90 Å². The van der Waals surface area contributed by atoms with E-state index in [2.05, 4.69) is 15.5 Å². The molecule has 2 N–H and O–H groups in total. The van der Waals surface area contributed by atoms with Gasteiger partial charge in [-0.05, 0) is 42.8 Å². The summed E-state index contributed by atoms with van der Waals surface area (Å²) in [6.45, 7) is 1.81. The highest BCUT2D eigenvalue weighted by molar-refractivity contribution is 8.02. The molecule has 0 spiro atoms. The Labute approximate surface area is 158 Å². The third-order valence-corrected chi connectivity index (χ3v) is 5.74. The van der Waals surface area contributed by atoms with Gasteiger partial charge in [-0.2, -0.15) is 5.10 Å². The maximum atomic E-state index is 12.2. The number of carbonyl (C=O) groups is 1. The van der Waals surface area contributed by atoms with Crippen LogP contribution in [0.4, 0.5) is 0 Å². The minimum atomic E-state index is -0.331. The van der Waals surface area contributed by atoms with Gasteiger partial charge in [0.2, 0.25) is 0 Å². The number of carbonyl (C=O) groups excluding carboxylic acids is 1. The SMILES string of the molecule is COc1cc(C=NNC(=O)C(C)Sc2nc3ccccc3s2)ccc1O. The highest BCUT2D eigenvalue weighted by Gasteiger charge is 2.16. The van der Waals surface area contributed by atoms with Crippen molar-refractivity contribution in [2.75, 3.05) is 7.11 Å². The topological polar surface area (TPSA) is 83.8 Å². The highest BCUT2D eigenvalue weighted by atomic mass is 32.2. The fourth-order valence-corrected chi connectivity index (χ4v) is 4.35. The van der Waals surface area contributed by atoms with Crippen molar-refractivity contribution in [3.05, 3.63) is 48.0 Å². The third kappa shape index (κ3) is 4.33. The molecule has 0 fully saturated rings. The number of hydrogen-bond acceptors (Lipinski definition) is 7. The van der Waals surface area contributed by atoms with Crippen LogP contribution in [0.25, 0.3) is 10.2 Å². The average molecular weight is 387 g/mol. The van der Waals surface area contributed by atoms with Crippen LogP contribution < -0.4 is 10.2 Å². The van der Waals surface area contributed by atoms with Crippen molar-refractivity contribution in [1.29, 1.82) is 0 Å². The molecule has 0 aliphatic rings. The number of hydrazone groups is 1. The predicted octanol–water partition coefficient (Wildman–Crippen LogP) is 3.64. The number of hydrogen-bond donors (Lipinski definition) is 2. The van der Waals surface area contributed by atoms with Crippen LogP contribution in [0.1, 0.15) is 12.5 Å². The van der Waals surface area contributed by atoms with E-state index >= 15 is 0 Å². The molecule has 1 unspecified atom stereocenters. The van der Waals surface area contributed by atoms with E-state index in [0.717, 1.165) is 14.6 Å². The van der Waals surface area contributed by atoms with E-state index in [4.69, 9.17) is 4.74 Å². The predicted molar refractivity (Wildman–Crippen MR) is 105 cm³/mol. The Hall–Kier alpha value is -2.58. The maximum absolute atomic E-state index is 12.2. The maximum Gasteiger partial charge on any atom is 0.253 e. The summed E-state index contributed by atoms with van der Waals surface area (Å²) in [4.78, 5) is 16.7. The Kier molecular flexibility index (Phi) is 5.75. The van der Waals surface area contributed by atoms with Gasteiger partial charge in [-0.1, -0.05) is 23.9 Å². The summed E-state index contributed by atoms with van der Waals surface area (Å²) in [6.07, 6.45) is 1.49. The first-order valence-corrected chi connectivity index (χ1v) is 9.48. The second kappa shape index (κ2) is 8.20. The number of para-hydroxylation sites is 1. The van der Waals surface area contributed by atoms with Crippen LogP contribution in [-0.2, 0) is 4.79 Å². The number of phenolic OH excluding ortho intramolecular Hbond substituents is 1. The van der Waals surface area contributed by atoms with Gasteiger partial charge in [-0.15, -0.1) is 11.3 Å². The number of aromatic nitrogens is 1. The lowest BCUT2D eigenvalue weighted by molar-refractivity contribution is -0.120. The summed E-state index contributed by atoms with van der Waals surface area (Å²) in [6, 6.07) is 12.7. The Morgan fingerprint density at radius 3 is 2.96 bits per heavy atom. The lowest BCUT2D eigenvalue weighted by Crippen LogP contribution is -2.26. The van der Waals surface area contributed by atoms with E-state index < -0.39 is 0 Å². The van der Waals surface area contributed by atoms with Gasteiger partial charge in [0.05, 0.1) is 28.8 Å². The molecule has 8 heteroatoms. The molecule has 0 saturated heterocycles. The van der Waals surface area contributed by atoms with Gasteiger partial charge in [-0.25, -0.2) is 10.4 Å². The molecule has 26 heavy (non-hydrogen) atoms. The quantitative estimate of drug-likeness (QED) is 0.383. The molecule has 1 aromatic heterocycles. The molecule has 2 aromatic carbocycles. The van der Waals surface area contributed by atoms with Gasteiger partial charge in [0, 0.05) is 0 Å². The van der Waals surface area contributed by atoms with E-state index in [1.54, 1.807) is 23.5 Å². The Balaban J connectivity index is 1.58. The number of aromatic hydroxyl groups is 1. The van der Waals surface area contributed by atoms with Crippen LogP contribution in [0.15, 0.2) is 51.9 Å². The number of thiazole rings is 1. The van der Waals surface area contributed by atoms with E-state index in [0.29, 0.717) is 11.3 Å². The first kappa shape index (κ1) is 18.2. The molecule has 6 nitrogen and oxygen atoms in total. The highest BCUT2D eigenvalue weighted by Crippen LogP contribution is 2.31. The van der Waals surface area contributed by atoms with Crippen molar-refractivity contribution < 1.29 is 14.6 Å². The second-order valence-corrected chi connectivity index (χ2v) is 7.99. The number of nitrogens with zero attached hydrogens (tertiary/aromatic N) is 2. The van der Waals surface area contributed by atoms with Crippen LogP contribution >= 0.6 is 23.1 Å². The van der Waals surface area contributed by atoms with Gasteiger partial charge in [0.15, 0.2) is 15.8 Å².